The largest absolute Gasteiger partial charge is 0.375 e. The molecule has 2 nitrogen and oxygen atoms in total. The van der Waals surface area contributed by atoms with Crippen molar-refractivity contribution in [1.29, 1.82) is 0 Å². The van der Waals surface area contributed by atoms with Crippen LogP contribution in [0, 0.1) is 5.41 Å². The second kappa shape index (κ2) is 3.58. The molecule has 0 aromatic rings. The Morgan fingerprint density at radius 2 is 1.92 bits per heavy atom. The van der Waals surface area contributed by atoms with Crippen molar-refractivity contribution < 1.29 is 4.74 Å². The van der Waals surface area contributed by atoms with Crippen molar-refractivity contribution in [3.63, 3.8) is 0 Å². The molecule has 1 fully saturated rings. The maximum atomic E-state index is 5.61. The topological polar surface area (TPSA) is 21.3 Å². The van der Waals surface area contributed by atoms with Crippen molar-refractivity contribution in [1.82, 2.24) is 5.32 Å². The van der Waals surface area contributed by atoms with E-state index in [0.717, 1.165) is 19.2 Å². The third-order valence-electron chi connectivity index (χ3n) is 2.54. The summed E-state index contributed by atoms with van der Waals surface area (Å²) in [5, 5.41) is 3.49. The summed E-state index contributed by atoms with van der Waals surface area (Å²) in [5.41, 5.74) is 0.530. The molecule has 1 atom stereocenters. The van der Waals surface area contributed by atoms with E-state index in [2.05, 4.69) is 39.9 Å². The van der Waals surface area contributed by atoms with E-state index >= 15 is 0 Å². The number of nitrogens with one attached hydrogen (secondary N) is 1. The molecule has 1 aliphatic rings. The van der Waals surface area contributed by atoms with Crippen LogP contribution >= 0.6 is 0 Å². The van der Waals surface area contributed by atoms with Crippen molar-refractivity contribution in [2.45, 2.75) is 52.7 Å². The van der Waals surface area contributed by atoms with E-state index in [4.69, 9.17) is 4.74 Å². The van der Waals surface area contributed by atoms with Crippen LogP contribution in [0.5, 0.6) is 0 Å². The quantitative estimate of drug-likeness (QED) is 0.678. The third kappa shape index (κ3) is 4.10. The van der Waals surface area contributed by atoms with E-state index in [-0.39, 0.29) is 5.60 Å². The van der Waals surface area contributed by atoms with Gasteiger partial charge in [0.05, 0.1) is 12.2 Å². The van der Waals surface area contributed by atoms with Gasteiger partial charge in [0.15, 0.2) is 0 Å². The molecule has 0 aliphatic heterocycles. The third-order valence-corrected chi connectivity index (χ3v) is 2.54. The molecule has 0 saturated heterocycles. The first kappa shape index (κ1) is 11.0. The molecule has 2 heteroatoms. The molecule has 78 valence electrons. The molecule has 13 heavy (non-hydrogen) atoms. The van der Waals surface area contributed by atoms with Crippen LogP contribution in [0.2, 0.25) is 0 Å². The summed E-state index contributed by atoms with van der Waals surface area (Å²) in [6.45, 7) is 12.7. The summed E-state index contributed by atoms with van der Waals surface area (Å²) < 4.78 is 5.61. The Balaban J connectivity index is 1.97. The van der Waals surface area contributed by atoms with Gasteiger partial charge in [-0.25, -0.2) is 0 Å². The molecule has 0 amide bonds. The molecular formula is C11H23NO. The van der Waals surface area contributed by atoms with Gasteiger partial charge < -0.3 is 10.1 Å². The van der Waals surface area contributed by atoms with Crippen LogP contribution < -0.4 is 5.32 Å². The molecule has 1 rings (SSSR count). The fraction of sp³-hybridized carbons (Fsp3) is 1.00. The average Bonchev–Trinajstić information content (AvgIpc) is 2.50. The van der Waals surface area contributed by atoms with Crippen LogP contribution in [0.25, 0.3) is 0 Å². The highest BCUT2D eigenvalue weighted by molar-refractivity contribution is 5.01. The standard InChI is InChI=1S/C11H23NO/c1-10(2,3)13-7-6-12-9-8-11(9,4)5/h9,12H,6-8H2,1-5H3. The molecule has 0 bridgehead atoms. The monoisotopic (exact) mass is 185 g/mol. The van der Waals surface area contributed by atoms with Crippen LogP contribution in [0.3, 0.4) is 0 Å². The van der Waals surface area contributed by atoms with Gasteiger partial charge in [0.2, 0.25) is 0 Å². The fourth-order valence-electron chi connectivity index (χ4n) is 1.41. The summed E-state index contributed by atoms with van der Waals surface area (Å²) in [6.07, 6.45) is 1.31. The van der Waals surface area contributed by atoms with E-state index in [0.29, 0.717) is 5.41 Å². The highest BCUT2D eigenvalue weighted by Gasteiger charge is 2.44. The minimum absolute atomic E-state index is 0.000743. The zero-order valence-electron chi connectivity index (χ0n) is 9.61. The Labute approximate surface area is 82.0 Å². The van der Waals surface area contributed by atoms with Gasteiger partial charge >= 0.3 is 0 Å². The maximum Gasteiger partial charge on any atom is 0.0599 e. The molecule has 0 heterocycles. The van der Waals surface area contributed by atoms with Gasteiger partial charge in [0.1, 0.15) is 0 Å². The number of hydrogen-bond donors (Lipinski definition) is 1. The van der Waals surface area contributed by atoms with Crippen LogP contribution in [0.1, 0.15) is 41.0 Å². The van der Waals surface area contributed by atoms with Gasteiger partial charge in [-0.3, -0.25) is 0 Å². The minimum atomic E-state index is 0.000743. The Morgan fingerprint density at radius 1 is 1.38 bits per heavy atom. The Hall–Kier alpha value is -0.0800. The van der Waals surface area contributed by atoms with Crippen molar-refractivity contribution in [3.8, 4) is 0 Å². The first-order chi connectivity index (χ1) is 5.81. The predicted molar refractivity (Wildman–Crippen MR) is 55.9 cm³/mol. The SMILES string of the molecule is CC(C)(C)OCCNC1CC1(C)C. The zero-order chi connectivity index (χ0) is 10.1. The molecule has 0 spiro atoms. The molecule has 0 aromatic heterocycles. The molecule has 0 radical (unpaired) electrons. The zero-order valence-corrected chi connectivity index (χ0v) is 9.61. The van der Waals surface area contributed by atoms with Crippen LogP contribution in [0.15, 0.2) is 0 Å². The van der Waals surface area contributed by atoms with Crippen LogP contribution in [-0.4, -0.2) is 24.8 Å². The van der Waals surface area contributed by atoms with Gasteiger partial charge in [-0.2, -0.15) is 0 Å². The highest BCUT2D eigenvalue weighted by atomic mass is 16.5. The molecule has 1 aliphatic carbocycles. The summed E-state index contributed by atoms with van der Waals surface area (Å²) in [6, 6.07) is 0.719. The highest BCUT2D eigenvalue weighted by Crippen LogP contribution is 2.44. The van der Waals surface area contributed by atoms with Gasteiger partial charge in [0.25, 0.3) is 0 Å². The van der Waals surface area contributed by atoms with Crippen LogP contribution in [0.4, 0.5) is 0 Å². The van der Waals surface area contributed by atoms with E-state index in [9.17, 15) is 0 Å². The second-order valence-corrected chi connectivity index (χ2v) is 5.66. The normalized spacial score (nSPS) is 26.1. The lowest BCUT2D eigenvalue weighted by Gasteiger charge is -2.19. The Bertz CT molecular complexity index is 169. The summed E-state index contributed by atoms with van der Waals surface area (Å²) in [5.74, 6) is 0. The lowest BCUT2D eigenvalue weighted by atomic mass is 10.2. The van der Waals surface area contributed by atoms with Crippen molar-refractivity contribution >= 4 is 0 Å². The lowest BCUT2D eigenvalue weighted by molar-refractivity contribution is -0.00110. The second-order valence-electron chi connectivity index (χ2n) is 5.66. The summed E-state index contributed by atoms with van der Waals surface area (Å²) >= 11 is 0. The van der Waals surface area contributed by atoms with Gasteiger partial charge in [0, 0.05) is 12.6 Å². The van der Waals surface area contributed by atoms with E-state index in [1.165, 1.54) is 6.42 Å². The van der Waals surface area contributed by atoms with Crippen molar-refractivity contribution in [3.05, 3.63) is 0 Å². The molecule has 1 N–H and O–H groups in total. The molecule has 0 aromatic carbocycles. The number of hydrogen-bond acceptors (Lipinski definition) is 2. The summed E-state index contributed by atoms with van der Waals surface area (Å²) in [7, 11) is 0. The van der Waals surface area contributed by atoms with Gasteiger partial charge in [-0.1, -0.05) is 13.8 Å². The van der Waals surface area contributed by atoms with E-state index < -0.39 is 0 Å². The van der Waals surface area contributed by atoms with Gasteiger partial charge in [-0.15, -0.1) is 0 Å². The van der Waals surface area contributed by atoms with E-state index in [1.54, 1.807) is 0 Å². The first-order valence-corrected chi connectivity index (χ1v) is 5.19. The minimum Gasteiger partial charge on any atom is -0.375 e. The fourth-order valence-corrected chi connectivity index (χ4v) is 1.41. The van der Waals surface area contributed by atoms with Gasteiger partial charge in [-0.05, 0) is 32.6 Å². The predicted octanol–water partition coefficient (Wildman–Crippen LogP) is 2.19. The van der Waals surface area contributed by atoms with Crippen molar-refractivity contribution in [2.75, 3.05) is 13.2 Å². The first-order valence-electron chi connectivity index (χ1n) is 5.19. The summed E-state index contributed by atoms with van der Waals surface area (Å²) in [4.78, 5) is 0. The number of rotatable bonds is 4. The molecular weight excluding hydrogens is 162 g/mol. The Kier molecular flexibility index (Phi) is 3.03. The Morgan fingerprint density at radius 3 is 2.31 bits per heavy atom. The number of ether oxygens (including phenoxy) is 1. The van der Waals surface area contributed by atoms with Crippen LogP contribution in [-0.2, 0) is 4.74 Å². The average molecular weight is 185 g/mol. The maximum absolute atomic E-state index is 5.61. The van der Waals surface area contributed by atoms with Crippen molar-refractivity contribution in [2.24, 2.45) is 5.41 Å². The molecule has 1 unspecified atom stereocenters. The lowest BCUT2D eigenvalue weighted by Crippen LogP contribution is -2.29. The molecule has 1 saturated carbocycles. The van der Waals surface area contributed by atoms with E-state index in [1.807, 2.05) is 0 Å². The smallest absolute Gasteiger partial charge is 0.0599 e.